The van der Waals surface area contributed by atoms with Crippen molar-refractivity contribution in [3.63, 3.8) is 0 Å². The summed E-state index contributed by atoms with van der Waals surface area (Å²) < 4.78 is 35.5. The van der Waals surface area contributed by atoms with Crippen molar-refractivity contribution in [1.29, 1.82) is 0 Å². The summed E-state index contributed by atoms with van der Waals surface area (Å²) in [6.45, 7) is 12.0. The number of benzene rings is 1. The molecule has 0 aliphatic rings. The van der Waals surface area contributed by atoms with Gasteiger partial charge in [0.25, 0.3) is 0 Å². The second kappa shape index (κ2) is 19.1. The molecule has 0 N–H and O–H groups in total. The summed E-state index contributed by atoms with van der Waals surface area (Å²) in [6.07, 6.45) is 16.0. The zero-order valence-corrected chi connectivity index (χ0v) is 23.8. The summed E-state index contributed by atoms with van der Waals surface area (Å²) >= 11 is 0. The summed E-state index contributed by atoms with van der Waals surface area (Å²) in [4.78, 5) is 22.4. The number of carbonyl (C=O) groups excluding carboxylic acids is 1. The number of aryl methyl sites for hydroxylation is 1. The Hall–Kier alpha value is -4.00. The Kier molecular flexibility index (Phi) is 16.3. The monoisotopic (exact) mass is 553 g/mol. The van der Waals surface area contributed by atoms with Crippen molar-refractivity contribution in [2.24, 2.45) is 4.99 Å². The Bertz CT molecular complexity index is 1140. The minimum atomic E-state index is -1.08. The molecule has 2 aromatic rings. The summed E-state index contributed by atoms with van der Waals surface area (Å²) in [5.41, 5.74) is 1.35. The molecule has 0 saturated carbocycles. The molecule has 1 aromatic heterocycles. The lowest BCUT2D eigenvalue weighted by Crippen LogP contribution is -2.36. The Labute approximate surface area is 237 Å². The third kappa shape index (κ3) is 12.2. The number of halogens is 1. The van der Waals surface area contributed by atoms with Crippen LogP contribution in [0.2, 0.25) is 0 Å². The maximum Gasteiger partial charge on any atom is 0.337 e. The smallest absolute Gasteiger partial charge is 0.337 e. The number of aliphatic imine (C=N–C) groups is 1. The highest BCUT2D eigenvalue weighted by Crippen LogP contribution is 2.22. The molecule has 2 rings (SSSR count). The van der Waals surface area contributed by atoms with Crippen LogP contribution < -0.4 is 0 Å². The van der Waals surface area contributed by atoms with Crippen molar-refractivity contribution in [2.75, 3.05) is 39.6 Å². The van der Waals surface area contributed by atoms with Gasteiger partial charge in [-0.05, 0) is 58.2 Å². The van der Waals surface area contributed by atoms with E-state index >= 15 is 0 Å². The first kappa shape index (κ1) is 34.0. The van der Waals surface area contributed by atoms with Crippen molar-refractivity contribution in [3.05, 3.63) is 78.0 Å². The van der Waals surface area contributed by atoms with Gasteiger partial charge in [0.2, 0.25) is 5.89 Å². The first-order chi connectivity index (χ1) is 19.3. The molecular formula is C31H40FN3O5. The molecule has 0 saturated heterocycles. The largest absolute Gasteiger partial charge is 0.498 e. The number of allylic oxidation sites excluding steroid dienone is 1. The second-order valence-electron chi connectivity index (χ2n) is 8.81. The summed E-state index contributed by atoms with van der Waals surface area (Å²) in [5, 5.41) is 0. The van der Waals surface area contributed by atoms with Gasteiger partial charge in [-0.1, -0.05) is 30.4 Å². The molecule has 40 heavy (non-hydrogen) atoms. The van der Waals surface area contributed by atoms with Gasteiger partial charge in [0.05, 0.1) is 25.1 Å². The molecule has 0 atom stereocenters. The van der Waals surface area contributed by atoms with Crippen LogP contribution in [0, 0.1) is 19.8 Å². The maximum absolute atomic E-state index is 13.4. The molecule has 0 unspecified atom stereocenters. The lowest BCUT2D eigenvalue weighted by Gasteiger charge is -2.23. The van der Waals surface area contributed by atoms with Gasteiger partial charge < -0.3 is 18.6 Å². The van der Waals surface area contributed by atoms with E-state index in [0.717, 1.165) is 16.8 Å². The van der Waals surface area contributed by atoms with Crippen molar-refractivity contribution in [2.45, 2.75) is 39.8 Å². The van der Waals surface area contributed by atoms with Gasteiger partial charge in [0.15, 0.2) is 5.60 Å². The molecule has 0 bridgehead atoms. The third-order valence-electron chi connectivity index (χ3n) is 5.46. The number of oxazole rings is 1. The van der Waals surface area contributed by atoms with E-state index in [9.17, 15) is 9.18 Å². The van der Waals surface area contributed by atoms with Crippen molar-refractivity contribution in [3.8, 4) is 24.3 Å². The molecular weight excluding hydrogens is 513 g/mol. The topological polar surface area (TPSA) is 86.4 Å². The molecule has 0 aliphatic heterocycles. The molecule has 8 nitrogen and oxygen atoms in total. The molecule has 0 radical (unpaired) electrons. The van der Waals surface area contributed by atoms with Crippen LogP contribution in [0.25, 0.3) is 11.5 Å². The minimum absolute atomic E-state index is 0.167. The van der Waals surface area contributed by atoms with E-state index in [0.29, 0.717) is 37.9 Å². The fraction of sp³-hybridized carbons (Fsp3) is 0.387. The van der Waals surface area contributed by atoms with Gasteiger partial charge in [-0.3, -0.25) is 9.89 Å². The molecule has 0 amide bonds. The highest BCUT2D eigenvalue weighted by Gasteiger charge is 2.29. The third-order valence-corrected chi connectivity index (χ3v) is 5.46. The highest BCUT2D eigenvalue weighted by molar-refractivity contribution is 5.78. The Morgan fingerprint density at radius 3 is 2.65 bits per heavy atom. The van der Waals surface area contributed by atoms with E-state index in [4.69, 9.17) is 23.6 Å². The number of rotatable bonds is 17. The van der Waals surface area contributed by atoms with E-state index in [1.165, 1.54) is 18.5 Å². The van der Waals surface area contributed by atoms with Gasteiger partial charge in [-0.2, -0.15) is 0 Å². The average Bonchev–Trinajstić information content (AvgIpc) is 3.32. The van der Waals surface area contributed by atoms with Crippen LogP contribution in [0.5, 0.6) is 0 Å². The van der Waals surface area contributed by atoms with Crippen LogP contribution in [0.1, 0.15) is 32.2 Å². The Morgan fingerprint density at radius 1 is 1.27 bits per heavy atom. The van der Waals surface area contributed by atoms with Gasteiger partial charge >= 0.3 is 5.97 Å². The second-order valence-corrected chi connectivity index (χ2v) is 8.81. The lowest BCUT2D eigenvalue weighted by atomic mass is 10.1. The number of alkyl halides is 1. The predicted molar refractivity (Wildman–Crippen MR) is 156 cm³/mol. The van der Waals surface area contributed by atoms with Gasteiger partial charge in [-0.15, -0.1) is 12.8 Å². The molecule has 1 aromatic carbocycles. The van der Waals surface area contributed by atoms with Crippen LogP contribution in [0.15, 0.2) is 76.0 Å². The summed E-state index contributed by atoms with van der Waals surface area (Å²) in [5.74, 6) is 0.833. The number of esters is 1. The van der Waals surface area contributed by atoms with Crippen LogP contribution in [0.3, 0.4) is 0 Å². The Balaban J connectivity index is 0.00000391. The van der Waals surface area contributed by atoms with E-state index in [1.807, 2.05) is 37.3 Å². The molecule has 0 aliphatic carbocycles. The van der Waals surface area contributed by atoms with Gasteiger partial charge in [0.1, 0.15) is 25.3 Å². The number of ether oxygens (including phenoxy) is 3. The number of nitrogens with zero attached hydrogens (tertiary/aromatic N) is 3. The number of carbonyl (C=O) groups is 1. The lowest BCUT2D eigenvalue weighted by molar-refractivity contribution is -0.166. The van der Waals surface area contributed by atoms with Gasteiger partial charge in [0, 0.05) is 25.2 Å². The normalized spacial score (nSPS) is 11.9. The zero-order chi connectivity index (χ0) is 29.8. The summed E-state index contributed by atoms with van der Waals surface area (Å²) in [7, 11) is 0. The molecule has 216 valence electrons. The van der Waals surface area contributed by atoms with E-state index < -0.39 is 18.2 Å². The van der Waals surface area contributed by atoms with Crippen molar-refractivity contribution < 1.29 is 27.8 Å². The fourth-order valence-corrected chi connectivity index (χ4v) is 3.40. The quantitative estimate of drug-likeness (QED) is 0.0620. The average molecular weight is 554 g/mol. The maximum atomic E-state index is 13.4. The van der Waals surface area contributed by atoms with E-state index in [-0.39, 0.29) is 13.2 Å². The predicted octanol–water partition coefficient (Wildman–Crippen LogP) is 5.70. The van der Waals surface area contributed by atoms with Gasteiger partial charge in [-0.25, -0.2) is 14.2 Å². The zero-order valence-electron chi connectivity index (χ0n) is 23.8. The first-order valence-corrected chi connectivity index (χ1v) is 12.8. The van der Waals surface area contributed by atoms with E-state index in [2.05, 4.69) is 29.5 Å². The van der Waals surface area contributed by atoms with Crippen LogP contribution in [0.4, 0.5) is 4.39 Å². The Morgan fingerprint density at radius 2 is 2.00 bits per heavy atom. The standard InChI is InChI=1S/C29H38FN3O5.C2H2/c1-6-36-28(34)29(3,4)37-18-10-11-24(14-15-30)21-33(17-20-35-19-16-31-5)22-26-23(2)38-27(32-26)25-12-8-7-9-13-25;1-2/h7-14,16,19H,5-6,15,17-18,20-22H2,1-4H3;1-2H/b11-10-,19-16-,24-14+;. The van der Waals surface area contributed by atoms with Crippen LogP contribution >= 0.6 is 0 Å². The van der Waals surface area contributed by atoms with Crippen molar-refractivity contribution in [1.82, 2.24) is 9.88 Å². The highest BCUT2D eigenvalue weighted by atomic mass is 19.1. The molecule has 0 fully saturated rings. The number of terminal acetylenes is 1. The molecule has 9 heteroatoms. The van der Waals surface area contributed by atoms with Crippen molar-refractivity contribution >= 4 is 12.7 Å². The number of hydrogen-bond donors (Lipinski definition) is 0. The first-order valence-electron chi connectivity index (χ1n) is 12.8. The van der Waals surface area contributed by atoms with E-state index in [1.54, 1.807) is 32.9 Å². The van der Waals surface area contributed by atoms with Crippen LogP contribution in [-0.2, 0) is 25.5 Å². The molecule has 1 heterocycles. The minimum Gasteiger partial charge on any atom is -0.498 e. The number of hydrogen-bond acceptors (Lipinski definition) is 8. The fourth-order valence-electron chi connectivity index (χ4n) is 3.40. The SMILES string of the molecule is C#C.C=N/C=C\OCCN(CC(/C=C\COC(C)(C)C(=O)OCC)=C/CF)Cc1nc(-c2ccccc2)oc1C. The van der Waals surface area contributed by atoms with Crippen LogP contribution in [-0.4, -0.2) is 67.8 Å². The number of aromatic nitrogens is 1. The summed E-state index contributed by atoms with van der Waals surface area (Å²) in [6, 6.07) is 9.69. The molecule has 0 spiro atoms.